The number of ether oxygens (including phenoxy) is 2. The minimum atomic E-state index is -1.33. The zero-order chi connectivity index (χ0) is 13.3. The fourth-order valence-electron chi connectivity index (χ4n) is 1.90. The number of hydrogen-bond acceptors (Lipinski definition) is 6. The number of carbonyl (C=O) groups excluding carboxylic acids is 2. The number of carboxylic acids is 1. The third kappa shape index (κ3) is 3.53. The Labute approximate surface area is 137 Å². The summed E-state index contributed by atoms with van der Waals surface area (Å²) in [5, 5.41) is 10.9. The molecule has 0 aliphatic carbocycles. The monoisotopic (exact) mass is 295 g/mol. The first-order chi connectivity index (χ1) is 8.54. The molecule has 0 aromatic rings. The Hall–Kier alpha value is -0.0500. The average molecular weight is 295 g/mol. The molecule has 1 unspecified atom stereocenters. The van der Waals surface area contributed by atoms with Gasteiger partial charge >= 0.3 is 29.6 Å². The number of fused-ring (bicyclic) bond motifs is 1. The number of carboxylic acid groups (broad SMARTS) is 1. The van der Waals surface area contributed by atoms with Gasteiger partial charge in [-0.25, -0.2) is 0 Å². The summed E-state index contributed by atoms with van der Waals surface area (Å²) in [6.07, 6.45) is -0.0403. The van der Waals surface area contributed by atoms with Gasteiger partial charge < -0.3 is 19.4 Å². The van der Waals surface area contributed by atoms with E-state index in [0.29, 0.717) is 17.9 Å². The molecule has 2 aliphatic rings. The van der Waals surface area contributed by atoms with E-state index in [1.807, 2.05) is 6.92 Å². The van der Waals surface area contributed by atoms with Gasteiger partial charge in [-0.2, -0.15) is 0 Å². The summed E-state index contributed by atoms with van der Waals surface area (Å²) in [5.41, 5.74) is -0.0510. The maximum atomic E-state index is 11.3. The molecular formula is C11H14NNaO5S. The van der Waals surface area contributed by atoms with E-state index in [-0.39, 0.29) is 53.1 Å². The SMILES string of the molecule is CCOC(C)OCC1=C(C(=O)[O-])N2C(=O)C[C@@H]2S1.[Na+]. The zero-order valence-electron chi connectivity index (χ0n) is 11.2. The van der Waals surface area contributed by atoms with Crippen LogP contribution >= 0.6 is 11.8 Å². The van der Waals surface area contributed by atoms with Crippen LogP contribution in [0.1, 0.15) is 20.3 Å². The van der Waals surface area contributed by atoms with Gasteiger partial charge in [0.1, 0.15) is 0 Å². The molecule has 0 aromatic carbocycles. The van der Waals surface area contributed by atoms with Crippen molar-refractivity contribution in [3.05, 3.63) is 10.6 Å². The van der Waals surface area contributed by atoms with Crippen LogP contribution in [0.3, 0.4) is 0 Å². The Balaban J connectivity index is 0.00000180. The predicted molar refractivity (Wildman–Crippen MR) is 61.9 cm³/mol. The third-order valence-electron chi connectivity index (χ3n) is 2.73. The Morgan fingerprint density at radius 2 is 2.26 bits per heavy atom. The molecule has 1 saturated heterocycles. The molecule has 0 bridgehead atoms. The van der Waals surface area contributed by atoms with Gasteiger partial charge in [0, 0.05) is 11.5 Å². The summed E-state index contributed by atoms with van der Waals surface area (Å²) >= 11 is 1.34. The van der Waals surface area contributed by atoms with Crippen LogP contribution in [-0.4, -0.2) is 41.7 Å². The number of β-lactam (4-membered cyclic amide) rings is 1. The molecule has 2 atom stereocenters. The van der Waals surface area contributed by atoms with Crippen LogP contribution in [0.5, 0.6) is 0 Å². The second kappa shape index (κ2) is 7.10. The Kier molecular flexibility index (Phi) is 6.35. The summed E-state index contributed by atoms with van der Waals surface area (Å²) < 4.78 is 10.6. The van der Waals surface area contributed by atoms with Crippen molar-refractivity contribution < 1.29 is 53.7 Å². The quantitative estimate of drug-likeness (QED) is 0.289. The Morgan fingerprint density at radius 3 is 2.79 bits per heavy atom. The standard InChI is InChI=1S/C11H15NO5S.Na/c1-3-16-6(2)17-5-7-10(11(14)15)12-8(13)4-9(12)18-7;/h6,9H,3-5H2,1-2H3,(H,14,15);/q;+1/p-1/t6?,9-;/m0./s1. The minimum absolute atomic E-state index is 0. The normalized spacial score (nSPS) is 22.7. The fraction of sp³-hybridized carbons (Fsp3) is 0.636. The summed E-state index contributed by atoms with van der Waals surface area (Å²) in [4.78, 5) is 24.2. The molecule has 0 saturated carbocycles. The first-order valence-corrected chi connectivity index (χ1v) is 6.59. The van der Waals surface area contributed by atoms with Crippen LogP contribution < -0.4 is 34.7 Å². The summed E-state index contributed by atoms with van der Waals surface area (Å²) in [6.45, 7) is 4.23. The topological polar surface area (TPSA) is 78.9 Å². The molecular weight excluding hydrogens is 281 g/mol. The van der Waals surface area contributed by atoms with Crippen LogP contribution in [0.4, 0.5) is 0 Å². The van der Waals surface area contributed by atoms with E-state index in [4.69, 9.17) is 9.47 Å². The first-order valence-electron chi connectivity index (χ1n) is 5.71. The molecule has 0 N–H and O–H groups in total. The Morgan fingerprint density at radius 1 is 1.58 bits per heavy atom. The molecule has 2 rings (SSSR count). The van der Waals surface area contributed by atoms with Gasteiger partial charge in [-0.05, 0) is 13.8 Å². The average Bonchev–Trinajstić information content (AvgIpc) is 2.59. The van der Waals surface area contributed by atoms with Gasteiger partial charge in [0.15, 0.2) is 6.29 Å². The predicted octanol–water partition coefficient (Wildman–Crippen LogP) is -3.34. The van der Waals surface area contributed by atoms with Crippen LogP contribution in [0, 0.1) is 0 Å². The van der Waals surface area contributed by atoms with Gasteiger partial charge in [0.2, 0.25) is 5.91 Å². The van der Waals surface area contributed by atoms with Crippen molar-refractivity contribution in [3.8, 4) is 0 Å². The van der Waals surface area contributed by atoms with E-state index < -0.39 is 12.3 Å². The smallest absolute Gasteiger partial charge is 0.543 e. The van der Waals surface area contributed by atoms with Crippen molar-refractivity contribution in [1.29, 1.82) is 0 Å². The molecule has 0 spiro atoms. The number of amides is 1. The van der Waals surface area contributed by atoms with Crippen molar-refractivity contribution in [2.24, 2.45) is 0 Å². The number of nitrogens with zero attached hydrogens (tertiary/aromatic N) is 1. The maximum absolute atomic E-state index is 11.3. The van der Waals surface area contributed by atoms with E-state index in [1.165, 1.54) is 16.7 Å². The largest absolute Gasteiger partial charge is 1.00 e. The third-order valence-corrected chi connectivity index (χ3v) is 3.98. The van der Waals surface area contributed by atoms with Gasteiger partial charge in [-0.1, -0.05) is 11.8 Å². The van der Waals surface area contributed by atoms with Gasteiger partial charge in [-0.15, -0.1) is 0 Å². The molecule has 0 radical (unpaired) electrons. The number of carbonyl (C=O) groups is 2. The van der Waals surface area contributed by atoms with E-state index in [0.717, 1.165) is 0 Å². The van der Waals surface area contributed by atoms with Crippen molar-refractivity contribution in [2.75, 3.05) is 13.2 Å². The van der Waals surface area contributed by atoms with Crippen molar-refractivity contribution in [2.45, 2.75) is 31.9 Å². The van der Waals surface area contributed by atoms with E-state index in [2.05, 4.69) is 0 Å². The summed E-state index contributed by atoms with van der Waals surface area (Å²) in [5.74, 6) is -1.51. The van der Waals surface area contributed by atoms with Gasteiger partial charge in [0.25, 0.3) is 0 Å². The van der Waals surface area contributed by atoms with E-state index in [9.17, 15) is 14.7 Å². The molecule has 100 valence electrons. The molecule has 8 heteroatoms. The maximum Gasteiger partial charge on any atom is 1.00 e. The number of rotatable bonds is 6. The molecule has 1 fully saturated rings. The number of hydrogen-bond donors (Lipinski definition) is 0. The van der Waals surface area contributed by atoms with Crippen molar-refractivity contribution in [1.82, 2.24) is 4.90 Å². The van der Waals surface area contributed by atoms with Crippen molar-refractivity contribution in [3.63, 3.8) is 0 Å². The molecule has 2 aliphatic heterocycles. The molecule has 0 aromatic heterocycles. The van der Waals surface area contributed by atoms with Gasteiger partial charge in [-0.3, -0.25) is 9.69 Å². The molecule has 1 amide bonds. The van der Waals surface area contributed by atoms with E-state index >= 15 is 0 Å². The van der Waals surface area contributed by atoms with Crippen molar-refractivity contribution >= 4 is 23.6 Å². The van der Waals surface area contributed by atoms with Gasteiger partial charge in [0.05, 0.1) is 30.1 Å². The minimum Gasteiger partial charge on any atom is -0.543 e. The van der Waals surface area contributed by atoms with Crippen LogP contribution in [-0.2, 0) is 19.1 Å². The molecule has 19 heavy (non-hydrogen) atoms. The first kappa shape index (κ1) is 17.0. The number of aliphatic carboxylic acids is 1. The molecule has 6 nitrogen and oxygen atoms in total. The second-order valence-corrected chi connectivity index (χ2v) is 5.21. The van der Waals surface area contributed by atoms with Crippen LogP contribution in [0.15, 0.2) is 10.6 Å². The van der Waals surface area contributed by atoms with Crippen LogP contribution in [0.2, 0.25) is 0 Å². The zero-order valence-corrected chi connectivity index (χ0v) is 14.0. The van der Waals surface area contributed by atoms with E-state index in [1.54, 1.807) is 6.92 Å². The fourth-order valence-corrected chi connectivity index (χ4v) is 3.21. The summed E-state index contributed by atoms with van der Waals surface area (Å²) in [7, 11) is 0. The summed E-state index contributed by atoms with van der Waals surface area (Å²) in [6, 6.07) is 0. The molecule has 2 heterocycles. The Bertz CT molecular complexity index is 414. The van der Waals surface area contributed by atoms with Crippen LogP contribution in [0.25, 0.3) is 0 Å². The second-order valence-electron chi connectivity index (χ2n) is 3.93. The number of thioether (sulfide) groups is 1.